The zero-order chi connectivity index (χ0) is 17.5. The van der Waals surface area contributed by atoms with Crippen molar-refractivity contribution in [3.63, 3.8) is 0 Å². The second kappa shape index (κ2) is 6.00. The standard InChI is InChI=1S/C15H15N3O4S2/c1-17-13-6-5-11(8-12(13)14(19)18(2)15(17)20)24(21,22)16-9-10-4-3-7-23-10/h3-8,16H,9H2,1-2H3. The van der Waals surface area contributed by atoms with E-state index in [0.717, 1.165) is 9.44 Å². The van der Waals surface area contributed by atoms with Gasteiger partial charge in [0.05, 0.1) is 15.8 Å². The van der Waals surface area contributed by atoms with Crippen LogP contribution in [0.15, 0.2) is 50.2 Å². The Kier molecular flexibility index (Phi) is 4.16. The maximum atomic E-state index is 12.4. The van der Waals surface area contributed by atoms with Crippen LogP contribution in [0.25, 0.3) is 10.9 Å². The van der Waals surface area contributed by atoms with Gasteiger partial charge in [-0.05, 0) is 29.6 Å². The smallest absolute Gasteiger partial charge is 0.296 e. The Morgan fingerprint density at radius 1 is 1.12 bits per heavy atom. The second-order valence-corrected chi connectivity index (χ2v) is 8.09. The van der Waals surface area contributed by atoms with Gasteiger partial charge in [-0.25, -0.2) is 17.9 Å². The van der Waals surface area contributed by atoms with Gasteiger partial charge in [-0.1, -0.05) is 6.07 Å². The monoisotopic (exact) mass is 365 g/mol. The largest absolute Gasteiger partial charge is 0.330 e. The van der Waals surface area contributed by atoms with E-state index >= 15 is 0 Å². The maximum Gasteiger partial charge on any atom is 0.330 e. The fourth-order valence-corrected chi connectivity index (χ4v) is 4.17. The number of nitrogens with one attached hydrogen (secondary N) is 1. The molecule has 0 amide bonds. The first-order chi connectivity index (χ1) is 11.3. The van der Waals surface area contributed by atoms with Gasteiger partial charge in [-0.15, -0.1) is 11.3 Å². The number of aromatic nitrogens is 2. The summed E-state index contributed by atoms with van der Waals surface area (Å²) in [4.78, 5) is 25.1. The molecule has 0 aliphatic heterocycles. The molecule has 0 fully saturated rings. The minimum absolute atomic E-state index is 0.0118. The summed E-state index contributed by atoms with van der Waals surface area (Å²) >= 11 is 1.45. The summed E-state index contributed by atoms with van der Waals surface area (Å²) in [5.41, 5.74) is -0.595. The SMILES string of the molecule is Cn1c(=O)c2cc(S(=O)(=O)NCc3cccs3)ccc2n(C)c1=O. The van der Waals surface area contributed by atoms with Crippen LogP contribution in [-0.2, 0) is 30.7 Å². The summed E-state index contributed by atoms with van der Waals surface area (Å²) in [7, 11) is -0.863. The fraction of sp³-hybridized carbons (Fsp3) is 0.200. The van der Waals surface area contributed by atoms with Gasteiger partial charge in [0.25, 0.3) is 5.56 Å². The van der Waals surface area contributed by atoms with Crippen molar-refractivity contribution in [2.24, 2.45) is 14.1 Å². The van der Waals surface area contributed by atoms with Crippen LogP contribution in [0.1, 0.15) is 4.88 Å². The number of aryl methyl sites for hydroxylation is 1. The first-order valence-electron chi connectivity index (χ1n) is 7.03. The van der Waals surface area contributed by atoms with E-state index in [1.165, 1.54) is 48.2 Å². The summed E-state index contributed by atoms with van der Waals surface area (Å²) in [6.45, 7) is 0.184. The Bertz CT molecular complexity index is 1130. The Morgan fingerprint density at radius 3 is 2.54 bits per heavy atom. The third-order valence-corrected chi connectivity index (χ3v) is 6.04. The fourth-order valence-electron chi connectivity index (χ4n) is 2.40. The van der Waals surface area contributed by atoms with Crippen LogP contribution in [0.5, 0.6) is 0 Å². The molecular formula is C15H15N3O4S2. The minimum atomic E-state index is -3.76. The van der Waals surface area contributed by atoms with E-state index in [0.29, 0.717) is 5.52 Å². The lowest BCUT2D eigenvalue weighted by atomic mass is 10.2. The second-order valence-electron chi connectivity index (χ2n) is 5.29. The van der Waals surface area contributed by atoms with E-state index in [1.54, 1.807) is 0 Å². The maximum absolute atomic E-state index is 12.4. The van der Waals surface area contributed by atoms with Crippen molar-refractivity contribution in [3.8, 4) is 0 Å². The van der Waals surface area contributed by atoms with Gasteiger partial charge in [0.1, 0.15) is 0 Å². The van der Waals surface area contributed by atoms with Crippen LogP contribution in [0.2, 0.25) is 0 Å². The van der Waals surface area contributed by atoms with Gasteiger partial charge in [0, 0.05) is 25.5 Å². The van der Waals surface area contributed by atoms with Crippen LogP contribution in [0.4, 0.5) is 0 Å². The van der Waals surface area contributed by atoms with Crippen molar-refractivity contribution in [2.75, 3.05) is 0 Å². The summed E-state index contributed by atoms with van der Waals surface area (Å²) in [6.07, 6.45) is 0. The quantitative estimate of drug-likeness (QED) is 0.740. The number of benzene rings is 1. The van der Waals surface area contributed by atoms with Gasteiger partial charge < -0.3 is 0 Å². The van der Waals surface area contributed by atoms with Crippen molar-refractivity contribution >= 4 is 32.3 Å². The molecule has 0 saturated heterocycles. The van der Waals surface area contributed by atoms with Crippen LogP contribution >= 0.6 is 11.3 Å². The molecule has 0 saturated carbocycles. The average Bonchev–Trinajstić information content (AvgIpc) is 3.09. The molecule has 7 nitrogen and oxygen atoms in total. The molecule has 126 valence electrons. The van der Waals surface area contributed by atoms with Crippen molar-refractivity contribution in [3.05, 3.63) is 61.4 Å². The van der Waals surface area contributed by atoms with Gasteiger partial charge in [0.15, 0.2) is 0 Å². The summed E-state index contributed by atoms with van der Waals surface area (Å²) in [5.74, 6) is 0. The lowest BCUT2D eigenvalue weighted by molar-refractivity contribution is 0.582. The lowest BCUT2D eigenvalue weighted by Gasteiger charge is -2.10. The zero-order valence-corrected chi connectivity index (χ0v) is 14.6. The Balaban J connectivity index is 2.07. The van der Waals surface area contributed by atoms with Crippen molar-refractivity contribution in [1.82, 2.24) is 13.9 Å². The third kappa shape index (κ3) is 2.81. The number of fused-ring (bicyclic) bond motifs is 1. The molecule has 1 aromatic carbocycles. The Morgan fingerprint density at radius 2 is 1.88 bits per heavy atom. The molecule has 9 heteroatoms. The molecule has 0 aliphatic carbocycles. The number of hydrogen-bond donors (Lipinski definition) is 1. The van der Waals surface area contributed by atoms with E-state index in [4.69, 9.17) is 0 Å². The first-order valence-corrected chi connectivity index (χ1v) is 9.39. The highest BCUT2D eigenvalue weighted by molar-refractivity contribution is 7.89. The number of thiophene rings is 1. The highest BCUT2D eigenvalue weighted by Gasteiger charge is 2.17. The van der Waals surface area contributed by atoms with Crippen molar-refractivity contribution in [1.29, 1.82) is 0 Å². The van der Waals surface area contributed by atoms with Gasteiger partial charge in [0.2, 0.25) is 10.0 Å². The number of rotatable bonds is 4. The molecule has 1 N–H and O–H groups in total. The number of hydrogen-bond acceptors (Lipinski definition) is 5. The van der Waals surface area contributed by atoms with Crippen LogP contribution in [-0.4, -0.2) is 17.6 Å². The molecule has 0 radical (unpaired) electrons. The topological polar surface area (TPSA) is 90.2 Å². The number of nitrogens with zero attached hydrogens (tertiary/aromatic N) is 2. The van der Waals surface area contributed by atoms with E-state index in [2.05, 4.69) is 4.72 Å². The Labute approximate surface area is 141 Å². The van der Waals surface area contributed by atoms with Gasteiger partial charge >= 0.3 is 5.69 Å². The average molecular weight is 365 g/mol. The normalized spacial score (nSPS) is 11.9. The molecule has 0 unspecified atom stereocenters. The minimum Gasteiger partial charge on any atom is -0.296 e. The van der Waals surface area contributed by atoms with Crippen molar-refractivity contribution < 1.29 is 8.42 Å². The van der Waals surface area contributed by atoms with Crippen molar-refractivity contribution in [2.45, 2.75) is 11.4 Å². The molecule has 3 rings (SSSR count). The molecule has 0 atom stereocenters. The van der Waals surface area contributed by atoms with E-state index in [9.17, 15) is 18.0 Å². The van der Waals surface area contributed by atoms with Gasteiger partial charge in [-0.3, -0.25) is 13.9 Å². The Hall–Kier alpha value is -2.23. The molecule has 0 spiro atoms. The van der Waals surface area contributed by atoms with E-state index in [-0.39, 0.29) is 16.8 Å². The van der Waals surface area contributed by atoms with Gasteiger partial charge in [-0.2, -0.15) is 0 Å². The van der Waals surface area contributed by atoms with Crippen LogP contribution in [0, 0.1) is 0 Å². The molecule has 0 bridgehead atoms. The molecule has 24 heavy (non-hydrogen) atoms. The molecule has 2 aromatic heterocycles. The molecule has 2 heterocycles. The van der Waals surface area contributed by atoms with Crippen LogP contribution in [0.3, 0.4) is 0 Å². The molecule has 0 aliphatic rings. The third-order valence-electron chi connectivity index (χ3n) is 3.77. The predicted molar refractivity (Wildman–Crippen MR) is 92.8 cm³/mol. The molecular weight excluding hydrogens is 350 g/mol. The summed E-state index contributed by atoms with van der Waals surface area (Å²) in [6, 6.07) is 7.83. The predicted octanol–water partition coefficient (Wildman–Crippen LogP) is 0.777. The van der Waals surface area contributed by atoms with E-state index in [1.807, 2.05) is 17.5 Å². The van der Waals surface area contributed by atoms with E-state index < -0.39 is 21.3 Å². The van der Waals surface area contributed by atoms with Crippen LogP contribution < -0.4 is 16.0 Å². The lowest BCUT2D eigenvalue weighted by Crippen LogP contribution is -2.37. The summed E-state index contributed by atoms with van der Waals surface area (Å²) < 4.78 is 29.6. The highest BCUT2D eigenvalue weighted by Crippen LogP contribution is 2.16. The zero-order valence-electron chi connectivity index (χ0n) is 13.0. The number of sulfonamides is 1. The summed E-state index contributed by atoms with van der Waals surface area (Å²) in [5, 5.41) is 2.04. The first kappa shape index (κ1) is 16.6. The molecule has 3 aromatic rings. The highest BCUT2D eigenvalue weighted by atomic mass is 32.2.